The first kappa shape index (κ1) is 17.0. The number of thioether (sulfide) groups is 1. The molecular formula is C16H19BrN2O3S. The third-order valence-corrected chi connectivity index (χ3v) is 5.30. The van der Waals surface area contributed by atoms with E-state index in [0.717, 1.165) is 40.3 Å². The second kappa shape index (κ2) is 7.79. The van der Waals surface area contributed by atoms with Gasteiger partial charge in [-0.1, -0.05) is 34.6 Å². The van der Waals surface area contributed by atoms with Gasteiger partial charge in [-0.3, -0.25) is 9.36 Å². The van der Waals surface area contributed by atoms with E-state index in [2.05, 4.69) is 22.9 Å². The Morgan fingerprint density at radius 1 is 1.48 bits per heavy atom. The van der Waals surface area contributed by atoms with E-state index in [1.54, 1.807) is 16.3 Å². The molecule has 5 nitrogen and oxygen atoms in total. The highest BCUT2D eigenvalue weighted by molar-refractivity contribution is 9.10. The molecule has 23 heavy (non-hydrogen) atoms. The van der Waals surface area contributed by atoms with Crippen LogP contribution in [0.25, 0.3) is 10.9 Å². The van der Waals surface area contributed by atoms with Crippen molar-refractivity contribution >= 4 is 38.6 Å². The van der Waals surface area contributed by atoms with Gasteiger partial charge in [-0.2, -0.15) is 0 Å². The summed E-state index contributed by atoms with van der Waals surface area (Å²) >= 11 is 5.01. The Balaban J connectivity index is 1.92. The van der Waals surface area contributed by atoms with E-state index in [-0.39, 0.29) is 11.7 Å². The van der Waals surface area contributed by atoms with Crippen molar-refractivity contribution in [1.82, 2.24) is 9.55 Å². The van der Waals surface area contributed by atoms with E-state index in [9.17, 15) is 4.79 Å². The molecule has 0 unspecified atom stereocenters. The first-order valence-electron chi connectivity index (χ1n) is 7.71. The summed E-state index contributed by atoms with van der Waals surface area (Å²) in [6, 6.07) is 5.63. The second-order valence-electron chi connectivity index (χ2n) is 5.43. The normalized spacial score (nSPS) is 18.4. The highest BCUT2D eigenvalue weighted by atomic mass is 79.9. The van der Waals surface area contributed by atoms with Crippen molar-refractivity contribution in [3.63, 3.8) is 0 Å². The Labute approximate surface area is 147 Å². The molecule has 7 heteroatoms. The van der Waals surface area contributed by atoms with Crippen molar-refractivity contribution in [3.8, 4) is 0 Å². The van der Waals surface area contributed by atoms with Gasteiger partial charge in [-0.15, -0.1) is 0 Å². The number of nitrogens with zero attached hydrogens (tertiary/aromatic N) is 2. The van der Waals surface area contributed by atoms with Crippen molar-refractivity contribution in [2.24, 2.45) is 0 Å². The molecule has 1 fully saturated rings. The zero-order valence-electron chi connectivity index (χ0n) is 13.0. The van der Waals surface area contributed by atoms with Gasteiger partial charge in [0, 0.05) is 16.8 Å². The quantitative estimate of drug-likeness (QED) is 0.570. The van der Waals surface area contributed by atoms with Gasteiger partial charge in [-0.25, -0.2) is 4.98 Å². The summed E-state index contributed by atoms with van der Waals surface area (Å²) in [7, 11) is 0. The van der Waals surface area contributed by atoms with Gasteiger partial charge in [0.25, 0.3) is 5.56 Å². The predicted octanol–water partition coefficient (Wildman–Crippen LogP) is 3.42. The first-order valence-corrected chi connectivity index (χ1v) is 9.49. The van der Waals surface area contributed by atoms with Crippen molar-refractivity contribution < 1.29 is 9.47 Å². The van der Waals surface area contributed by atoms with Gasteiger partial charge in [-0.05, 0) is 31.0 Å². The van der Waals surface area contributed by atoms with Crippen LogP contribution >= 0.6 is 27.7 Å². The molecule has 0 spiro atoms. The van der Waals surface area contributed by atoms with Crippen LogP contribution in [0.4, 0.5) is 0 Å². The second-order valence-corrected chi connectivity index (χ2v) is 7.33. The Bertz CT molecular complexity index is 744. The van der Waals surface area contributed by atoms with Crippen molar-refractivity contribution in [2.75, 3.05) is 19.2 Å². The van der Waals surface area contributed by atoms with E-state index >= 15 is 0 Å². The lowest BCUT2D eigenvalue weighted by atomic mass is 10.2. The van der Waals surface area contributed by atoms with Crippen LogP contribution in [0.1, 0.15) is 19.8 Å². The minimum Gasteiger partial charge on any atom is -0.355 e. The molecule has 124 valence electrons. The van der Waals surface area contributed by atoms with Gasteiger partial charge < -0.3 is 9.47 Å². The minimum atomic E-state index is 0.0218. The average Bonchev–Trinajstić information content (AvgIpc) is 2.57. The lowest BCUT2D eigenvalue weighted by molar-refractivity contribution is -0.130. The number of rotatable bonds is 5. The fourth-order valence-electron chi connectivity index (χ4n) is 2.50. The lowest BCUT2D eigenvalue weighted by Gasteiger charge is -2.22. The van der Waals surface area contributed by atoms with Crippen LogP contribution in [0.3, 0.4) is 0 Å². The predicted molar refractivity (Wildman–Crippen MR) is 95.0 cm³/mol. The molecule has 1 aromatic carbocycles. The number of hydrogen-bond acceptors (Lipinski definition) is 5. The monoisotopic (exact) mass is 398 g/mol. The summed E-state index contributed by atoms with van der Waals surface area (Å²) in [5.74, 6) is 0.779. The van der Waals surface area contributed by atoms with E-state index in [4.69, 9.17) is 14.5 Å². The molecule has 1 atom stereocenters. The molecule has 1 aromatic heterocycles. The van der Waals surface area contributed by atoms with Crippen LogP contribution in [0.2, 0.25) is 0 Å². The Morgan fingerprint density at radius 2 is 2.35 bits per heavy atom. The molecule has 1 aliphatic heterocycles. The summed E-state index contributed by atoms with van der Waals surface area (Å²) in [5.41, 5.74) is 0.759. The van der Waals surface area contributed by atoms with Crippen LogP contribution in [-0.2, 0) is 16.0 Å². The topological polar surface area (TPSA) is 53.4 Å². The van der Waals surface area contributed by atoms with Crippen molar-refractivity contribution in [2.45, 2.75) is 37.6 Å². The number of halogens is 1. The minimum absolute atomic E-state index is 0.0218. The van der Waals surface area contributed by atoms with Crippen LogP contribution in [0, 0.1) is 0 Å². The maximum atomic E-state index is 12.8. The summed E-state index contributed by atoms with van der Waals surface area (Å²) in [6.45, 7) is 3.82. The highest BCUT2D eigenvalue weighted by Crippen LogP contribution is 2.23. The number of hydrogen-bond donors (Lipinski definition) is 0. The number of ether oxygens (including phenoxy) is 2. The number of fused-ring (bicyclic) bond motifs is 1. The smallest absolute Gasteiger partial charge is 0.262 e. The molecule has 1 aliphatic rings. The molecule has 0 amide bonds. The van der Waals surface area contributed by atoms with E-state index in [0.29, 0.717) is 18.7 Å². The zero-order valence-corrected chi connectivity index (χ0v) is 15.4. The largest absolute Gasteiger partial charge is 0.355 e. The van der Waals surface area contributed by atoms with Gasteiger partial charge >= 0.3 is 0 Å². The average molecular weight is 399 g/mol. The third-order valence-electron chi connectivity index (χ3n) is 3.70. The van der Waals surface area contributed by atoms with Crippen molar-refractivity contribution in [3.05, 3.63) is 33.0 Å². The first-order chi connectivity index (χ1) is 11.2. The molecule has 1 saturated heterocycles. The number of aromatic nitrogens is 2. The van der Waals surface area contributed by atoms with Gasteiger partial charge in [0.05, 0.1) is 23.6 Å². The van der Waals surface area contributed by atoms with Crippen LogP contribution in [-0.4, -0.2) is 34.8 Å². The van der Waals surface area contributed by atoms with Crippen molar-refractivity contribution in [1.29, 1.82) is 0 Å². The molecule has 0 aliphatic carbocycles. The Hall–Kier alpha value is -0.890. The molecule has 0 N–H and O–H groups in total. The van der Waals surface area contributed by atoms with Gasteiger partial charge in [0.2, 0.25) is 0 Å². The molecule has 2 aromatic rings. The van der Waals surface area contributed by atoms with E-state index in [1.807, 2.05) is 18.2 Å². The van der Waals surface area contributed by atoms with Gasteiger partial charge in [0.15, 0.2) is 5.16 Å². The van der Waals surface area contributed by atoms with Crippen LogP contribution < -0.4 is 5.56 Å². The summed E-state index contributed by atoms with van der Waals surface area (Å²) in [6.07, 6.45) is 1.93. The van der Waals surface area contributed by atoms with Crippen LogP contribution in [0.15, 0.2) is 32.6 Å². The fraction of sp³-hybridized carbons (Fsp3) is 0.500. The lowest BCUT2D eigenvalue weighted by Crippen LogP contribution is -2.27. The van der Waals surface area contributed by atoms with Crippen LogP contribution in [0.5, 0.6) is 0 Å². The molecule has 0 radical (unpaired) electrons. The Morgan fingerprint density at radius 3 is 3.09 bits per heavy atom. The summed E-state index contributed by atoms with van der Waals surface area (Å²) in [5, 5.41) is 1.42. The zero-order chi connectivity index (χ0) is 16.2. The SMILES string of the molecule is CCCn1c(SC[C@H]2CCOCO2)nc2ccc(Br)cc2c1=O. The standard InChI is InChI=1S/C16H19BrN2O3S/c1-2-6-19-15(20)13-8-11(17)3-4-14(13)18-16(19)23-9-12-5-7-21-10-22-12/h3-4,8,12H,2,5-7,9-10H2,1H3/t12-/m1/s1. The molecule has 0 bridgehead atoms. The Kier molecular flexibility index (Phi) is 5.74. The third kappa shape index (κ3) is 3.96. The molecule has 2 heterocycles. The maximum Gasteiger partial charge on any atom is 0.262 e. The highest BCUT2D eigenvalue weighted by Gasteiger charge is 2.17. The van der Waals surface area contributed by atoms with E-state index < -0.39 is 0 Å². The number of benzene rings is 1. The summed E-state index contributed by atoms with van der Waals surface area (Å²) in [4.78, 5) is 17.5. The molecular weight excluding hydrogens is 380 g/mol. The fourth-order valence-corrected chi connectivity index (χ4v) is 3.96. The van der Waals surface area contributed by atoms with Gasteiger partial charge in [0.1, 0.15) is 6.79 Å². The summed E-state index contributed by atoms with van der Waals surface area (Å²) < 4.78 is 13.4. The molecule has 3 rings (SSSR count). The molecule has 0 saturated carbocycles. The van der Waals surface area contributed by atoms with E-state index in [1.165, 1.54) is 0 Å². The maximum absolute atomic E-state index is 12.8.